The molecule has 1 aromatic rings. The summed E-state index contributed by atoms with van der Waals surface area (Å²) in [4.78, 5) is 17.0. The maximum Gasteiger partial charge on any atom is 0.234 e. The van der Waals surface area contributed by atoms with Gasteiger partial charge in [0.05, 0.1) is 19.8 Å². The summed E-state index contributed by atoms with van der Waals surface area (Å²) in [6, 6.07) is 10.2. The summed E-state index contributed by atoms with van der Waals surface area (Å²) < 4.78 is 11.3. The average Bonchev–Trinajstić information content (AvgIpc) is 2.72. The fourth-order valence-electron chi connectivity index (χ4n) is 4.24. The topological polar surface area (TPSA) is 54.0 Å². The molecule has 0 radical (unpaired) electrons. The van der Waals surface area contributed by atoms with E-state index in [2.05, 4.69) is 22.0 Å². The van der Waals surface area contributed by atoms with Crippen LogP contribution in [0, 0.1) is 5.92 Å². The first-order valence-electron chi connectivity index (χ1n) is 11.2. The molecule has 29 heavy (non-hydrogen) atoms. The maximum atomic E-state index is 12.3. The SMILES string of the molecule is CC1CCCC(NC(=O)CN2CCN(CCOCCOc3ccccc3)CC2)C1. The second kappa shape index (κ2) is 12.2. The fraction of sp³-hybridized carbons (Fsp3) is 0.696. The highest BCUT2D eigenvalue weighted by Gasteiger charge is 2.23. The van der Waals surface area contributed by atoms with Gasteiger partial charge >= 0.3 is 0 Å². The van der Waals surface area contributed by atoms with Gasteiger partial charge in [-0.3, -0.25) is 14.6 Å². The molecule has 2 aliphatic rings. The van der Waals surface area contributed by atoms with Gasteiger partial charge in [0.15, 0.2) is 0 Å². The number of piperazine rings is 1. The molecule has 1 heterocycles. The van der Waals surface area contributed by atoms with Gasteiger partial charge in [-0.1, -0.05) is 38.0 Å². The first-order chi connectivity index (χ1) is 14.2. The van der Waals surface area contributed by atoms with Gasteiger partial charge in [0.1, 0.15) is 12.4 Å². The van der Waals surface area contributed by atoms with E-state index in [4.69, 9.17) is 9.47 Å². The summed E-state index contributed by atoms with van der Waals surface area (Å²) in [5.74, 6) is 1.82. The lowest BCUT2D eigenvalue weighted by atomic mass is 9.87. The lowest BCUT2D eigenvalue weighted by Crippen LogP contribution is -2.51. The number of para-hydroxylation sites is 1. The molecule has 1 aliphatic heterocycles. The minimum atomic E-state index is 0.194. The number of hydrogen-bond acceptors (Lipinski definition) is 5. The van der Waals surface area contributed by atoms with Crippen LogP contribution in [0.2, 0.25) is 0 Å². The van der Waals surface area contributed by atoms with Crippen LogP contribution >= 0.6 is 0 Å². The Morgan fingerprint density at radius 1 is 1.03 bits per heavy atom. The summed E-state index contributed by atoms with van der Waals surface area (Å²) in [6.45, 7) is 9.56. The predicted octanol–water partition coefficient (Wildman–Crippen LogP) is 2.39. The zero-order valence-electron chi connectivity index (χ0n) is 17.9. The minimum Gasteiger partial charge on any atom is -0.491 e. The second-order valence-corrected chi connectivity index (χ2v) is 8.43. The Morgan fingerprint density at radius 3 is 2.55 bits per heavy atom. The van der Waals surface area contributed by atoms with Crippen LogP contribution in [-0.2, 0) is 9.53 Å². The lowest BCUT2D eigenvalue weighted by Gasteiger charge is -2.35. The van der Waals surface area contributed by atoms with Crippen molar-refractivity contribution in [3.63, 3.8) is 0 Å². The van der Waals surface area contributed by atoms with E-state index in [9.17, 15) is 4.79 Å². The van der Waals surface area contributed by atoms with Gasteiger partial charge in [0, 0.05) is 38.8 Å². The highest BCUT2D eigenvalue weighted by atomic mass is 16.5. The molecule has 0 bridgehead atoms. The molecule has 1 saturated heterocycles. The Labute approximate surface area is 175 Å². The third kappa shape index (κ3) is 8.33. The van der Waals surface area contributed by atoms with Crippen molar-refractivity contribution in [1.29, 1.82) is 0 Å². The number of carbonyl (C=O) groups is 1. The van der Waals surface area contributed by atoms with Crippen molar-refractivity contribution in [3.8, 4) is 5.75 Å². The van der Waals surface area contributed by atoms with Crippen LogP contribution in [0.15, 0.2) is 30.3 Å². The summed E-state index contributed by atoms with van der Waals surface area (Å²) in [5, 5.41) is 3.25. The second-order valence-electron chi connectivity index (χ2n) is 8.43. The van der Waals surface area contributed by atoms with E-state index in [1.54, 1.807) is 0 Å². The number of nitrogens with one attached hydrogen (secondary N) is 1. The number of carbonyl (C=O) groups excluding carboxylic acids is 1. The van der Waals surface area contributed by atoms with Crippen LogP contribution in [-0.4, -0.2) is 80.8 Å². The van der Waals surface area contributed by atoms with Gasteiger partial charge in [-0.25, -0.2) is 0 Å². The summed E-state index contributed by atoms with van der Waals surface area (Å²) in [7, 11) is 0. The molecule has 0 aromatic heterocycles. The Bertz CT molecular complexity index is 590. The quantitative estimate of drug-likeness (QED) is 0.608. The smallest absolute Gasteiger partial charge is 0.234 e. The highest BCUT2D eigenvalue weighted by molar-refractivity contribution is 5.78. The Hall–Kier alpha value is -1.63. The van der Waals surface area contributed by atoms with Crippen LogP contribution < -0.4 is 10.1 Å². The van der Waals surface area contributed by atoms with Crippen LogP contribution in [0.5, 0.6) is 5.75 Å². The summed E-state index contributed by atoms with van der Waals surface area (Å²) >= 11 is 0. The molecule has 2 atom stereocenters. The maximum absolute atomic E-state index is 12.3. The van der Waals surface area contributed by atoms with Gasteiger partial charge in [0.2, 0.25) is 5.91 Å². The molecule has 1 aliphatic carbocycles. The van der Waals surface area contributed by atoms with Gasteiger partial charge in [0.25, 0.3) is 0 Å². The first kappa shape index (κ1) is 22.1. The molecule has 2 unspecified atom stereocenters. The van der Waals surface area contributed by atoms with Crippen LogP contribution in [0.25, 0.3) is 0 Å². The van der Waals surface area contributed by atoms with E-state index in [-0.39, 0.29) is 5.91 Å². The number of amides is 1. The number of benzene rings is 1. The van der Waals surface area contributed by atoms with Gasteiger partial charge < -0.3 is 14.8 Å². The molecular weight excluding hydrogens is 366 g/mol. The number of ether oxygens (including phenoxy) is 2. The fourth-order valence-corrected chi connectivity index (χ4v) is 4.24. The molecule has 0 spiro atoms. The third-order valence-electron chi connectivity index (χ3n) is 5.93. The summed E-state index contributed by atoms with van der Waals surface area (Å²) in [5.41, 5.74) is 0. The molecule has 2 fully saturated rings. The van der Waals surface area contributed by atoms with Crippen molar-refractivity contribution < 1.29 is 14.3 Å². The third-order valence-corrected chi connectivity index (χ3v) is 5.93. The standard InChI is InChI=1S/C23H37N3O3/c1-20-6-5-7-21(18-20)24-23(27)19-26-12-10-25(11-13-26)14-15-28-16-17-29-22-8-3-2-4-9-22/h2-4,8-9,20-21H,5-7,10-19H2,1H3,(H,24,27). The lowest BCUT2D eigenvalue weighted by molar-refractivity contribution is -0.123. The monoisotopic (exact) mass is 403 g/mol. The van der Waals surface area contributed by atoms with E-state index in [0.29, 0.717) is 25.8 Å². The average molecular weight is 404 g/mol. The van der Waals surface area contributed by atoms with Crippen LogP contribution in [0.3, 0.4) is 0 Å². The van der Waals surface area contributed by atoms with E-state index in [1.165, 1.54) is 12.8 Å². The summed E-state index contributed by atoms with van der Waals surface area (Å²) in [6.07, 6.45) is 4.82. The molecular formula is C23H37N3O3. The molecule has 1 amide bonds. The van der Waals surface area contributed by atoms with Crippen LogP contribution in [0.1, 0.15) is 32.6 Å². The minimum absolute atomic E-state index is 0.194. The molecule has 6 heteroatoms. The molecule has 6 nitrogen and oxygen atoms in total. The zero-order chi connectivity index (χ0) is 20.3. The Morgan fingerprint density at radius 2 is 1.79 bits per heavy atom. The zero-order valence-corrected chi connectivity index (χ0v) is 17.9. The highest BCUT2D eigenvalue weighted by Crippen LogP contribution is 2.23. The van der Waals surface area contributed by atoms with Gasteiger partial charge in [-0.15, -0.1) is 0 Å². The van der Waals surface area contributed by atoms with E-state index in [0.717, 1.165) is 63.8 Å². The van der Waals surface area contributed by atoms with Crippen LogP contribution in [0.4, 0.5) is 0 Å². The van der Waals surface area contributed by atoms with Gasteiger partial charge in [-0.05, 0) is 30.9 Å². The van der Waals surface area contributed by atoms with Crippen molar-refractivity contribution in [1.82, 2.24) is 15.1 Å². The number of rotatable bonds is 10. The first-order valence-corrected chi connectivity index (χ1v) is 11.2. The van der Waals surface area contributed by atoms with Crippen molar-refractivity contribution in [2.24, 2.45) is 5.92 Å². The molecule has 1 aromatic carbocycles. The molecule has 1 N–H and O–H groups in total. The van der Waals surface area contributed by atoms with Crippen molar-refractivity contribution >= 4 is 5.91 Å². The van der Waals surface area contributed by atoms with E-state index >= 15 is 0 Å². The van der Waals surface area contributed by atoms with Crippen molar-refractivity contribution in [2.75, 3.05) is 59.1 Å². The molecule has 1 saturated carbocycles. The predicted molar refractivity (Wildman–Crippen MR) is 115 cm³/mol. The van der Waals surface area contributed by atoms with Crippen molar-refractivity contribution in [2.45, 2.75) is 38.6 Å². The Balaban J connectivity index is 1.20. The molecule has 162 valence electrons. The Kier molecular flexibility index (Phi) is 9.25. The molecule has 3 rings (SSSR count). The van der Waals surface area contributed by atoms with E-state index < -0.39 is 0 Å². The van der Waals surface area contributed by atoms with E-state index in [1.807, 2.05) is 30.3 Å². The van der Waals surface area contributed by atoms with Gasteiger partial charge in [-0.2, -0.15) is 0 Å². The normalized spacial score (nSPS) is 23.6. The largest absolute Gasteiger partial charge is 0.491 e. The number of nitrogens with zero attached hydrogens (tertiary/aromatic N) is 2. The number of hydrogen-bond donors (Lipinski definition) is 1. The van der Waals surface area contributed by atoms with Crippen molar-refractivity contribution in [3.05, 3.63) is 30.3 Å².